The zero-order chi connectivity index (χ0) is 10.8. The lowest BCUT2D eigenvalue weighted by Gasteiger charge is -2.17. The molecule has 15 heavy (non-hydrogen) atoms. The summed E-state index contributed by atoms with van der Waals surface area (Å²) < 4.78 is 0. The van der Waals surface area contributed by atoms with Crippen LogP contribution in [0.1, 0.15) is 12.0 Å². The number of anilines is 1. The second-order valence-corrected chi connectivity index (χ2v) is 3.53. The lowest BCUT2D eigenvalue weighted by atomic mass is 10.1. The fourth-order valence-corrected chi connectivity index (χ4v) is 1.75. The summed E-state index contributed by atoms with van der Waals surface area (Å²) in [5.41, 5.74) is 7.22. The molecule has 1 fully saturated rings. The van der Waals surface area contributed by atoms with Gasteiger partial charge in [-0.05, 0) is 11.6 Å². The summed E-state index contributed by atoms with van der Waals surface area (Å²) in [5, 5.41) is 0. The van der Waals surface area contributed by atoms with Crippen molar-refractivity contribution in [3.05, 3.63) is 29.8 Å². The van der Waals surface area contributed by atoms with Crippen molar-refractivity contribution < 1.29 is 9.59 Å². The van der Waals surface area contributed by atoms with Crippen molar-refractivity contribution in [2.75, 3.05) is 11.4 Å². The van der Waals surface area contributed by atoms with Gasteiger partial charge in [0.15, 0.2) is 5.78 Å². The highest BCUT2D eigenvalue weighted by atomic mass is 16.2. The maximum Gasteiger partial charge on any atom is 0.234 e. The summed E-state index contributed by atoms with van der Waals surface area (Å²) in [6, 6.07) is 7.39. The number of hydrogen-bond acceptors (Lipinski definition) is 3. The number of nitrogens with zero attached hydrogens (tertiary/aromatic N) is 1. The van der Waals surface area contributed by atoms with E-state index in [-0.39, 0.29) is 24.7 Å². The molecule has 2 N–H and O–H groups in total. The number of para-hydroxylation sites is 1. The largest absolute Gasteiger partial charge is 0.326 e. The van der Waals surface area contributed by atoms with Crippen LogP contribution in [0.25, 0.3) is 0 Å². The highest BCUT2D eigenvalue weighted by Crippen LogP contribution is 2.23. The van der Waals surface area contributed by atoms with Gasteiger partial charge in [-0.15, -0.1) is 0 Å². The maximum absolute atomic E-state index is 11.5. The number of amides is 1. The van der Waals surface area contributed by atoms with E-state index in [1.807, 2.05) is 24.3 Å². The van der Waals surface area contributed by atoms with Gasteiger partial charge in [-0.3, -0.25) is 9.59 Å². The number of carbonyl (C=O) groups is 2. The lowest BCUT2D eigenvalue weighted by molar-refractivity contribution is -0.121. The van der Waals surface area contributed by atoms with E-state index in [0.717, 1.165) is 11.3 Å². The summed E-state index contributed by atoms with van der Waals surface area (Å²) in [7, 11) is 0. The van der Waals surface area contributed by atoms with Gasteiger partial charge in [-0.25, -0.2) is 0 Å². The van der Waals surface area contributed by atoms with E-state index in [4.69, 9.17) is 5.73 Å². The van der Waals surface area contributed by atoms with Gasteiger partial charge in [0.2, 0.25) is 5.91 Å². The quantitative estimate of drug-likeness (QED) is 0.711. The smallest absolute Gasteiger partial charge is 0.234 e. The summed E-state index contributed by atoms with van der Waals surface area (Å²) in [6.07, 6.45) is 0.0128. The van der Waals surface area contributed by atoms with E-state index in [9.17, 15) is 9.59 Å². The van der Waals surface area contributed by atoms with E-state index < -0.39 is 0 Å². The Balaban J connectivity index is 2.37. The molecule has 1 amide bonds. The molecule has 0 aromatic heterocycles. The Bertz CT molecular complexity index is 415. The SMILES string of the molecule is NCc1ccccc1N1CC(=O)CC1=O. The van der Waals surface area contributed by atoms with Crippen molar-refractivity contribution in [3.63, 3.8) is 0 Å². The van der Waals surface area contributed by atoms with E-state index in [1.165, 1.54) is 4.90 Å². The Labute approximate surface area is 87.7 Å². The molecule has 4 nitrogen and oxygen atoms in total. The number of carbonyl (C=O) groups excluding carboxylic acids is 2. The van der Waals surface area contributed by atoms with Crippen LogP contribution in [0.4, 0.5) is 5.69 Å². The third-order valence-corrected chi connectivity index (χ3v) is 2.49. The van der Waals surface area contributed by atoms with Gasteiger partial charge in [0.05, 0.1) is 13.0 Å². The third kappa shape index (κ3) is 1.76. The molecule has 1 heterocycles. The van der Waals surface area contributed by atoms with Crippen LogP contribution in [0.5, 0.6) is 0 Å². The van der Waals surface area contributed by atoms with Crippen molar-refractivity contribution in [1.29, 1.82) is 0 Å². The Morgan fingerprint density at radius 3 is 2.60 bits per heavy atom. The van der Waals surface area contributed by atoms with Gasteiger partial charge in [0, 0.05) is 12.2 Å². The Morgan fingerprint density at radius 2 is 2.00 bits per heavy atom. The highest BCUT2D eigenvalue weighted by molar-refractivity contribution is 6.15. The van der Waals surface area contributed by atoms with E-state index in [1.54, 1.807) is 0 Å². The average molecular weight is 204 g/mol. The minimum atomic E-state index is -0.138. The molecule has 1 saturated heterocycles. The van der Waals surface area contributed by atoms with Crippen LogP contribution < -0.4 is 10.6 Å². The molecule has 0 atom stereocenters. The first-order valence-electron chi connectivity index (χ1n) is 4.82. The molecular formula is C11H12N2O2. The molecular weight excluding hydrogens is 192 g/mol. The van der Waals surface area contributed by atoms with Gasteiger partial charge >= 0.3 is 0 Å². The first-order valence-corrected chi connectivity index (χ1v) is 4.82. The second kappa shape index (κ2) is 3.82. The molecule has 0 unspecified atom stereocenters. The van der Waals surface area contributed by atoms with Crippen LogP contribution in [-0.2, 0) is 16.1 Å². The first kappa shape index (κ1) is 9.86. The summed E-state index contributed by atoms with van der Waals surface area (Å²) in [4.78, 5) is 24.2. The molecule has 1 aromatic rings. The molecule has 0 bridgehead atoms. The number of benzene rings is 1. The lowest BCUT2D eigenvalue weighted by Crippen LogP contribution is -2.26. The minimum Gasteiger partial charge on any atom is -0.326 e. The van der Waals surface area contributed by atoms with Crippen molar-refractivity contribution in [2.24, 2.45) is 5.73 Å². The predicted octanol–water partition coefficient (Wildman–Crippen LogP) is 0.451. The molecule has 1 aliphatic heterocycles. The van der Waals surface area contributed by atoms with Crippen LogP contribution in [0.2, 0.25) is 0 Å². The van der Waals surface area contributed by atoms with Crippen LogP contribution >= 0.6 is 0 Å². The van der Waals surface area contributed by atoms with Crippen LogP contribution in [0.15, 0.2) is 24.3 Å². The van der Waals surface area contributed by atoms with E-state index in [2.05, 4.69) is 0 Å². The molecule has 78 valence electrons. The van der Waals surface area contributed by atoms with E-state index in [0.29, 0.717) is 6.54 Å². The van der Waals surface area contributed by atoms with Gasteiger partial charge in [0.25, 0.3) is 0 Å². The molecule has 0 radical (unpaired) electrons. The third-order valence-electron chi connectivity index (χ3n) is 2.49. The normalized spacial score (nSPS) is 16.2. The van der Waals surface area contributed by atoms with Gasteiger partial charge in [-0.2, -0.15) is 0 Å². The Hall–Kier alpha value is -1.68. The number of hydrogen-bond donors (Lipinski definition) is 1. The van der Waals surface area contributed by atoms with Crippen LogP contribution in [0.3, 0.4) is 0 Å². The topological polar surface area (TPSA) is 63.4 Å². The fraction of sp³-hybridized carbons (Fsp3) is 0.273. The number of Topliss-reactive ketones (excluding diaryl/α,β-unsaturated/α-hetero) is 1. The molecule has 0 spiro atoms. The van der Waals surface area contributed by atoms with Gasteiger partial charge in [-0.1, -0.05) is 18.2 Å². The van der Waals surface area contributed by atoms with Crippen molar-refractivity contribution in [1.82, 2.24) is 0 Å². The standard InChI is InChI=1S/C11H12N2O2/c12-6-8-3-1-2-4-10(8)13-7-9(14)5-11(13)15/h1-4H,5-7,12H2. The average Bonchev–Trinajstić information content (AvgIpc) is 2.57. The van der Waals surface area contributed by atoms with Crippen molar-refractivity contribution >= 4 is 17.4 Å². The molecule has 1 aliphatic rings. The first-order chi connectivity index (χ1) is 7.22. The zero-order valence-corrected chi connectivity index (χ0v) is 8.27. The Kier molecular flexibility index (Phi) is 2.51. The fourth-order valence-electron chi connectivity index (χ4n) is 1.75. The van der Waals surface area contributed by atoms with Gasteiger partial charge < -0.3 is 10.6 Å². The molecule has 0 aliphatic carbocycles. The maximum atomic E-state index is 11.5. The van der Waals surface area contributed by atoms with Crippen LogP contribution in [0, 0.1) is 0 Å². The molecule has 2 rings (SSSR count). The summed E-state index contributed by atoms with van der Waals surface area (Å²) in [5.74, 6) is -0.173. The second-order valence-electron chi connectivity index (χ2n) is 3.53. The summed E-state index contributed by atoms with van der Waals surface area (Å²) in [6.45, 7) is 0.546. The van der Waals surface area contributed by atoms with Crippen molar-refractivity contribution in [3.8, 4) is 0 Å². The van der Waals surface area contributed by atoms with Crippen LogP contribution in [-0.4, -0.2) is 18.2 Å². The minimum absolute atomic E-state index is 0.0128. The Morgan fingerprint density at radius 1 is 1.27 bits per heavy atom. The zero-order valence-electron chi connectivity index (χ0n) is 8.27. The monoisotopic (exact) mass is 204 g/mol. The summed E-state index contributed by atoms with van der Waals surface area (Å²) >= 11 is 0. The van der Waals surface area contributed by atoms with E-state index >= 15 is 0 Å². The van der Waals surface area contributed by atoms with Crippen molar-refractivity contribution in [2.45, 2.75) is 13.0 Å². The highest BCUT2D eigenvalue weighted by Gasteiger charge is 2.29. The molecule has 1 aromatic carbocycles. The predicted molar refractivity (Wildman–Crippen MR) is 56.3 cm³/mol. The van der Waals surface area contributed by atoms with Gasteiger partial charge in [0.1, 0.15) is 0 Å². The molecule has 4 heteroatoms. The number of rotatable bonds is 2. The number of ketones is 1. The molecule has 0 saturated carbocycles. The number of nitrogens with two attached hydrogens (primary N) is 1.